The molecule has 0 atom stereocenters. The van der Waals surface area contributed by atoms with Gasteiger partial charge in [-0.25, -0.2) is 13.4 Å². The standard InChI is InChI=1S/C23H25N3O3S2/c27-22(25-23-24-20-7-3-4-8-21(20)30-23)17-11-13-26(14-12-17)31(28,29)19-10-9-16-5-1-2-6-18(16)15-19/h1-2,5-6,9-10,15,17H,3-4,7-8,11-14H2,(H,24,25,27). The van der Waals surface area contributed by atoms with Crippen LogP contribution in [0.15, 0.2) is 47.4 Å². The Morgan fingerprint density at radius 1 is 1.03 bits per heavy atom. The van der Waals surface area contributed by atoms with Gasteiger partial charge in [-0.1, -0.05) is 30.3 Å². The normalized spacial score (nSPS) is 18.1. The quantitative estimate of drug-likeness (QED) is 0.639. The number of piperidine rings is 1. The van der Waals surface area contributed by atoms with E-state index < -0.39 is 10.0 Å². The van der Waals surface area contributed by atoms with Crippen LogP contribution in [0, 0.1) is 5.92 Å². The second-order valence-electron chi connectivity index (χ2n) is 8.27. The Balaban J connectivity index is 1.23. The Labute approximate surface area is 186 Å². The van der Waals surface area contributed by atoms with E-state index in [1.807, 2.05) is 30.3 Å². The highest BCUT2D eigenvalue weighted by atomic mass is 32.2. The van der Waals surface area contributed by atoms with Gasteiger partial charge in [-0.05, 0) is 61.4 Å². The maximum absolute atomic E-state index is 13.1. The molecule has 5 rings (SSSR count). The van der Waals surface area contributed by atoms with Gasteiger partial charge in [-0.3, -0.25) is 4.79 Å². The summed E-state index contributed by atoms with van der Waals surface area (Å²) < 4.78 is 27.8. The van der Waals surface area contributed by atoms with Crippen molar-refractivity contribution in [3.05, 3.63) is 53.0 Å². The largest absolute Gasteiger partial charge is 0.302 e. The first kappa shape index (κ1) is 20.6. The van der Waals surface area contributed by atoms with E-state index in [0.717, 1.165) is 35.7 Å². The molecular formula is C23H25N3O3S2. The highest BCUT2D eigenvalue weighted by molar-refractivity contribution is 7.89. The zero-order chi connectivity index (χ0) is 21.4. The molecule has 162 valence electrons. The van der Waals surface area contributed by atoms with Gasteiger partial charge in [0.15, 0.2) is 5.13 Å². The van der Waals surface area contributed by atoms with E-state index in [4.69, 9.17) is 0 Å². The monoisotopic (exact) mass is 455 g/mol. The van der Waals surface area contributed by atoms with Crippen LogP contribution in [0.25, 0.3) is 10.8 Å². The first-order valence-corrected chi connectivity index (χ1v) is 13.0. The third-order valence-corrected chi connectivity index (χ3v) is 9.23. The Kier molecular flexibility index (Phi) is 5.54. The van der Waals surface area contributed by atoms with Crippen molar-refractivity contribution >= 4 is 43.2 Å². The number of benzene rings is 2. The predicted octanol–water partition coefficient (Wildman–Crippen LogP) is 4.21. The summed E-state index contributed by atoms with van der Waals surface area (Å²) in [5.74, 6) is -0.238. The summed E-state index contributed by atoms with van der Waals surface area (Å²) in [6.45, 7) is 0.698. The fourth-order valence-corrected chi connectivity index (χ4v) is 7.01. The number of carbonyl (C=O) groups is 1. The molecular weight excluding hydrogens is 430 g/mol. The van der Waals surface area contributed by atoms with Crippen molar-refractivity contribution in [1.82, 2.24) is 9.29 Å². The number of carbonyl (C=O) groups excluding carboxylic acids is 1. The molecule has 0 radical (unpaired) electrons. The third kappa shape index (κ3) is 4.12. The van der Waals surface area contributed by atoms with Gasteiger partial charge >= 0.3 is 0 Å². The summed E-state index contributed by atoms with van der Waals surface area (Å²) in [7, 11) is -3.57. The van der Waals surface area contributed by atoms with Gasteiger partial charge in [0.1, 0.15) is 0 Å². The van der Waals surface area contributed by atoms with E-state index in [-0.39, 0.29) is 11.8 Å². The van der Waals surface area contributed by atoms with Crippen molar-refractivity contribution in [2.45, 2.75) is 43.4 Å². The Morgan fingerprint density at radius 3 is 2.55 bits per heavy atom. The molecule has 0 spiro atoms. The van der Waals surface area contributed by atoms with Gasteiger partial charge < -0.3 is 5.32 Å². The second-order valence-corrected chi connectivity index (χ2v) is 11.3. The number of aryl methyl sites for hydroxylation is 2. The van der Waals surface area contributed by atoms with Gasteiger partial charge in [0.05, 0.1) is 10.6 Å². The molecule has 1 fully saturated rings. The molecule has 8 heteroatoms. The fraction of sp³-hybridized carbons (Fsp3) is 0.391. The number of nitrogens with zero attached hydrogens (tertiary/aromatic N) is 2. The Bertz CT molecular complexity index is 1200. The summed E-state index contributed by atoms with van der Waals surface area (Å²) in [5.41, 5.74) is 1.13. The number of rotatable bonds is 4. The Morgan fingerprint density at radius 2 is 1.77 bits per heavy atom. The lowest BCUT2D eigenvalue weighted by atomic mass is 9.97. The van der Waals surface area contributed by atoms with Crippen molar-refractivity contribution < 1.29 is 13.2 Å². The number of sulfonamides is 1. The van der Waals surface area contributed by atoms with Crippen LogP contribution in [-0.4, -0.2) is 36.7 Å². The van der Waals surface area contributed by atoms with Crippen LogP contribution in [-0.2, 0) is 27.7 Å². The number of hydrogen-bond acceptors (Lipinski definition) is 5. The lowest BCUT2D eigenvalue weighted by Crippen LogP contribution is -2.41. The summed E-state index contributed by atoms with van der Waals surface area (Å²) in [6, 6.07) is 13.0. The van der Waals surface area contributed by atoms with E-state index in [2.05, 4.69) is 10.3 Å². The van der Waals surface area contributed by atoms with Crippen molar-refractivity contribution in [3.63, 3.8) is 0 Å². The number of fused-ring (bicyclic) bond motifs is 2. The van der Waals surface area contributed by atoms with E-state index >= 15 is 0 Å². The highest BCUT2D eigenvalue weighted by Crippen LogP contribution is 2.31. The molecule has 0 unspecified atom stereocenters. The van der Waals surface area contributed by atoms with Crippen LogP contribution in [0.2, 0.25) is 0 Å². The number of anilines is 1. The van der Waals surface area contributed by atoms with Gasteiger partial charge in [0.2, 0.25) is 15.9 Å². The lowest BCUT2D eigenvalue weighted by Gasteiger charge is -2.30. The van der Waals surface area contributed by atoms with Crippen LogP contribution >= 0.6 is 11.3 Å². The fourth-order valence-electron chi connectivity index (χ4n) is 4.45. The molecule has 2 aliphatic rings. The SMILES string of the molecule is O=C(Nc1nc2c(s1)CCCC2)C1CCN(S(=O)(=O)c2ccc3ccccc3c2)CC1. The van der Waals surface area contributed by atoms with E-state index in [0.29, 0.717) is 36.0 Å². The molecule has 1 aromatic heterocycles. The molecule has 1 saturated heterocycles. The minimum Gasteiger partial charge on any atom is -0.302 e. The molecule has 1 aliphatic carbocycles. The van der Waals surface area contributed by atoms with Crippen LogP contribution in [0.3, 0.4) is 0 Å². The van der Waals surface area contributed by atoms with Crippen LogP contribution < -0.4 is 5.32 Å². The van der Waals surface area contributed by atoms with Gasteiger partial charge in [0.25, 0.3) is 0 Å². The van der Waals surface area contributed by atoms with Crippen LogP contribution in [0.5, 0.6) is 0 Å². The molecule has 6 nitrogen and oxygen atoms in total. The number of thiazole rings is 1. The number of amides is 1. The second kappa shape index (κ2) is 8.33. The maximum Gasteiger partial charge on any atom is 0.243 e. The molecule has 1 aliphatic heterocycles. The van der Waals surface area contributed by atoms with Gasteiger partial charge in [-0.15, -0.1) is 11.3 Å². The predicted molar refractivity (Wildman–Crippen MR) is 123 cm³/mol. The molecule has 3 aromatic rings. The molecule has 1 N–H and O–H groups in total. The van der Waals surface area contributed by atoms with Crippen LogP contribution in [0.4, 0.5) is 5.13 Å². The number of aromatic nitrogens is 1. The Hall–Kier alpha value is -2.29. The first-order chi connectivity index (χ1) is 15.0. The van der Waals surface area contributed by atoms with E-state index in [1.54, 1.807) is 23.5 Å². The zero-order valence-corrected chi connectivity index (χ0v) is 18.8. The van der Waals surface area contributed by atoms with Crippen molar-refractivity contribution in [1.29, 1.82) is 0 Å². The van der Waals surface area contributed by atoms with Crippen molar-refractivity contribution in [3.8, 4) is 0 Å². The maximum atomic E-state index is 13.1. The minimum absolute atomic E-state index is 0.0474. The summed E-state index contributed by atoms with van der Waals surface area (Å²) in [4.78, 5) is 18.9. The van der Waals surface area contributed by atoms with Gasteiger partial charge in [0, 0.05) is 23.9 Å². The molecule has 31 heavy (non-hydrogen) atoms. The highest BCUT2D eigenvalue weighted by Gasteiger charge is 2.32. The molecule has 2 aromatic carbocycles. The van der Waals surface area contributed by atoms with Gasteiger partial charge in [-0.2, -0.15) is 4.31 Å². The van der Waals surface area contributed by atoms with E-state index in [9.17, 15) is 13.2 Å². The summed E-state index contributed by atoms with van der Waals surface area (Å²) in [6.07, 6.45) is 5.43. The number of hydrogen-bond donors (Lipinski definition) is 1. The average Bonchev–Trinajstić information content (AvgIpc) is 3.21. The lowest BCUT2D eigenvalue weighted by molar-refractivity contribution is -0.120. The molecule has 2 heterocycles. The smallest absolute Gasteiger partial charge is 0.243 e. The van der Waals surface area contributed by atoms with Crippen molar-refractivity contribution in [2.75, 3.05) is 18.4 Å². The van der Waals surface area contributed by atoms with E-state index in [1.165, 1.54) is 15.6 Å². The first-order valence-electron chi connectivity index (χ1n) is 10.8. The average molecular weight is 456 g/mol. The topological polar surface area (TPSA) is 79.4 Å². The molecule has 0 saturated carbocycles. The zero-order valence-electron chi connectivity index (χ0n) is 17.2. The molecule has 1 amide bonds. The number of nitrogens with one attached hydrogen (secondary N) is 1. The summed E-state index contributed by atoms with van der Waals surface area (Å²) >= 11 is 1.58. The van der Waals surface area contributed by atoms with Crippen molar-refractivity contribution in [2.24, 2.45) is 5.92 Å². The molecule has 0 bridgehead atoms. The van der Waals surface area contributed by atoms with Crippen LogP contribution in [0.1, 0.15) is 36.3 Å². The minimum atomic E-state index is -3.57. The summed E-state index contributed by atoms with van der Waals surface area (Å²) in [5, 5.41) is 5.58. The third-order valence-electron chi connectivity index (χ3n) is 6.26.